The van der Waals surface area contributed by atoms with Crippen molar-refractivity contribution in [3.8, 4) is 0 Å². The second-order valence-corrected chi connectivity index (χ2v) is 5.59. The third-order valence-electron chi connectivity index (χ3n) is 3.91. The van der Waals surface area contributed by atoms with E-state index in [9.17, 15) is 9.59 Å². The first-order valence-corrected chi connectivity index (χ1v) is 6.37. The highest BCUT2D eigenvalue weighted by atomic mass is 16.4. The van der Waals surface area contributed by atoms with Gasteiger partial charge in [-0.25, -0.2) is 0 Å². The van der Waals surface area contributed by atoms with Crippen LogP contribution in [0.4, 0.5) is 5.82 Å². The second kappa shape index (κ2) is 4.36. The molecule has 0 unspecified atom stereocenters. The van der Waals surface area contributed by atoms with Crippen LogP contribution in [-0.4, -0.2) is 26.8 Å². The number of carboxylic acids is 1. The standard InChI is InChI=1S/C13H19N3O3/c1-5-16-7(2)6-8(15-16)14-11(17)9-10(12(18)19)13(9,3)4/h6,9-10H,5H2,1-4H3,(H,18,19)(H,14,15,17)/t9-,10-/m0/s1. The smallest absolute Gasteiger partial charge is 0.307 e. The number of aryl methyl sites for hydroxylation is 2. The Kier molecular flexibility index (Phi) is 3.12. The molecule has 1 saturated carbocycles. The summed E-state index contributed by atoms with van der Waals surface area (Å²) in [6.07, 6.45) is 0. The molecule has 1 amide bonds. The lowest BCUT2D eigenvalue weighted by atomic mass is 10.1. The van der Waals surface area contributed by atoms with Gasteiger partial charge in [-0.3, -0.25) is 14.3 Å². The number of nitrogens with zero attached hydrogens (tertiary/aromatic N) is 2. The van der Waals surface area contributed by atoms with Crippen LogP contribution in [0.15, 0.2) is 6.07 Å². The van der Waals surface area contributed by atoms with Crippen molar-refractivity contribution in [3.63, 3.8) is 0 Å². The van der Waals surface area contributed by atoms with Crippen LogP contribution in [0.3, 0.4) is 0 Å². The number of hydrogen-bond acceptors (Lipinski definition) is 3. The molecule has 0 aromatic carbocycles. The van der Waals surface area contributed by atoms with E-state index in [4.69, 9.17) is 5.11 Å². The van der Waals surface area contributed by atoms with E-state index in [1.54, 1.807) is 24.6 Å². The van der Waals surface area contributed by atoms with Gasteiger partial charge in [-0.1, -0.05) is 13.8 Å². The fourth-order valence-corrected chi connectivity index (χ4v) is 2.68. The maximum absolute atomic E-state index is 12.1. The van der Waals surface area contributed by atoms with Gasteiger partial charge in [0.25, 0.3) is 0 Å². The molecule has 1 aliphatic carbocycles. The van der Waals surface area contributed by atoms with Crippen molar-refractivity contribution in [1.82, 2.24) is 9.78 Å². The Labute approximate surface area is 111 Å². The van der Waals surface area contributed by atoms with Gasteiger partial charge in [-0.15, -0.1) is 0 Å². The fourth-order valence-electron chi connectivity index (χ4n) is 2.68. The number of nitrogens with one attached hydrogen (secondary N) is 1. The number of carboxylic acid groups (broad SMARTS) is 1. The topological polar surface area (TPSA) is 84.2 Å². The predicted molar refractivity (Wildman–Crippen MR) is 69.7 cm³/mol. The van der Waals surface area contributed by atoms with Gasteiger partial charge in [-0.05, 0) is 19.3 Å². The van der Waals surface area contributed by atoms with E-state index >= 15 is 0 Å². The summed E-state index contributed by atoms with van der Waals surface area (Å²) in [6.45, 7) is 8.20. The van der Waals surface area contributed by atoms with Crippen LogP contribution in [0.2, 0.25) is 0 Å². The van der Waals surface area contributed by atoms with Gasteiger partial charge in [-0.2, -0.15) is 5.10 Å². The molecule has 104 valence electrons. The largest absolute Gasteiger partial charge is 0.481 e. The van der Waals surface area contributed by atoms with Crippen LogP contribution in [-0.2, 0) is 16.1 Å². The van der Waals surface area contributed by atoms with Crippen LogP contribution in [0, 0.1) is 24.2 Å². The van der Waals surface area contributed by atoms with Crippen molar-refractivity contribution in [3.05, 3.63) is 11.8 Å². The highest BCUT2D eigenvalue weighted by Gasteiger charge is 2.65. The fraction of sp³-hybridized carbons (Fsp3) is 0.615. The highest BCUT2D eigenvalue weighted by Crippen LogP contribution is 2.58. The summed E-state index contributed by atoms with van der Waals surface area (Å²) in [5.74, 6) is -1.80. The Morgan fingerprint density at radius 2 is 2.11 bits per heavy atom. The van der Waals surface area contributed by atoms with Crippen molar-refractivity contribution < 1.29 is 14.7 Å². The molecule has 0 spiro atoms. The molecule has 1 aliphatic rings. The lowest BCUT2D eigenvalue weighted by Gasteiger charge is -2.02. The Balaban J connectivity index is 2.08. The third kappa shape index (κ3) is 2.22. The van der Waals surface area contributed by atoms with Crippen LogP contribution in [0.25, 0.3) is 0 Å². The Bertz CT molecular complexity index is 533. The monoisotopic (exact) mass is 265 g/mol. The minimum atomic E-state index is -0.916. The van der Waals surface area contributed by atoms with Gasteiger partial charge in [0.2, 0.25) is 5.91 Å². The molecular formula is C13H19N3O3. The average Bonchev–Trinajstić information content (AvgIpc) is 2.71. The van der Waals surface area contributed by atoms with Gasteiger partial charge in [0, 0.05) is 18.3 Å². The third-order valence-corrected chi connectivity index (χ3v) is 3.91. The maximum Gasteiger partial charge on any atom is 0.307 e. The van der Waals surface area contributed by atoms with Gasteiger partial charge < -0.3 is 10.4 Å². The number of hydrogen-bond donors (Lipinski definition) is 2. The lowest BCUT2D eigenvalue weighted by Crippen LogP contribution is -2.18. The minimum absolute atomic E-state index is 0.266. The van der Waals surface area contributed by atoms with E-state index in [2.05, 4.69) is 10.4 Å². The molecule has 1 aromatic rings. The number of amides is 1. The van der Waals surface area contributed by atoms with Crippen molar-refractivity contribution in [2.45, 2.75) is 34.2 Å². The summed E-state index contributed by atoms with van der Waals surface area (Å²) in [4.78, 5) is 23.1. The molecule has 0 aliphatic heterocycles. The molecular weight excluding hydrogens is 246 g/mol. The molecule has 6 heteroatoms. The van der Waals surface area contributed by atoms with Crippen molar-refractivity contribution in [1.29, 1.82) is 0 Å². The van der Waals surface area contributed by atoms with E-state index < -0.39 is 23.2 Å². The van der Waals surface area contributed by atoms with Crippen molar-refractivity contribution >= 4 is 17.7 Å². The molecule has 1 fully saturated rings. The zero-order valence-electron chi connectivity index (χ0n) is 11.6. The van der Waals surface area contributed by atoms with Crippen molar-refractivity contribution in [2.24, 2.45) is 17.3 Å². The molecule has 0 bridgehead atoms. The van der Waals surface area contributed by atoms with E-state index in [0.717, 1.165) is 12.2 Å². The number of aromatic nitrogens is 2. The first kappa shape index (κ1) is 13.6. The molecule has 1 aromatic heterocycles. The molecule has 19 heavy (non-hydrogen) atoms. The molecule has 2 N–H and O–H groups in total. The van der Waals surface area contributed by atoms with E-state index in [1.165, 1.54) is 0 Å². The van der Waals surface area contributed by atoms with Gasteiger partial charge in [0.05, 0.1) is 11.8 Å². The Morgan fingerprint density at radius 3 is 2.53 bits per heavy atom. The zero-order valence-corrected chi connectivity index (χ0v) is 11.6. The summed E-state index contributed by atoms with van der Waals surface area (Å²) >= 11 is 0. The average molecular weight is 265 g/mol. The van der Waals surface area contributed by atoms with Gasteiger partial charge in [0.1, 0.15) is 0 Å². The summed E-state index contributed by atoms with van der Waals surface area (Å²) in [7, 11) is 0. The van der Waals surface area contributed by atoms with Crippen LogP contribution < -0.4 is 5.32 Å². The number of carbonyl (C=O) groups is 2. The first-order valence-electron chi connectivity index (χ1n) is 6.37. The molecule has 6 nitrogen and oxygen atoms in total. The molecule has 0 saturated heterocycles. The summed E-state index contributed by atoms with van der Waals surface area (Å²) in [5, 5.41) is 16.0. The van der Waals surface area contributed by atoms with Crippen LogP contribution in [0.5, 0.6) is 0 Å². The summed E-state index contributed by atoms with van der Waals surface area (Å²) in [5.41, 5.74) is 0.473. The minimum Gasteiger partial charge on any atom is -0.481 e. The number of carbonyl (C=O) groups excluding carboxylic acids is 1. The number of anilines is 1. The molecule has 1 heterocycles. The summed E-state index contributed by atoms with van der Waals surface area (Å²) < 4.78 is 1.78. The quantitative estimate of drug-likeness (QED) is 0.864. The van der Waals surface area contributed by atoms with Gasteiger partial charge >= 0.3 is 5.97 Å². The summed E-state index contributed by atoms with van der Waals surface area (Å²) in [6, 6.07) is 1.78. The van der Waals surface area contributed by atoms with Crippen molar-refractivity contribution in [2.75, 3.05) is 5.32 Å². The highest BCUT2D eigenvalue weighted by molar-refractivity contribution is 5.99. The maximum atomic E-state index is 12.1. The Hall–Kier alpha value is -1.85. The molecule has 2 atom stereocenters. The first-order chi connectivity index (χ1) is 8.78. The van der Waals surface area contributed by atoms with E-state index in [1.807, 2.05) is 13.8 Å². The molecule has 0 radical (unpaired) electrons. The number of rotatable bonds is 4. The SMILES string of the molecule is CCn1nc(NC(=O)[C@@H]2[C@@H](C(=O)O)C2(C)C)cc1C. The lowest BCUT2D eigenvalue weighted by molar-refractivity contribution is -0.140. The Morgan fingerprint density at radius 1 is 1.47 bits per heavy atom. The zero-order chi connectivity index (χ0) is 14.4. The molecule has 2 rings (SSSR count). The predicted octanol–water partition coefficient (Wildman–Crippen LogP) is 1.51. The van der Waals surface area contributed by atoms with Crippen LogP contribution >= 0.6 is 0 Å². The number of aliphatic carboxylic acids is 1. The van der Waals surface area contributed by atoms with Gasteiger partial charge in [0.15, 0.2) is 5.82 Å². The normalized spacial score (nSPS) is 24.0. The van der Waals surface area contributed by atoms with Crippen LogP contribution in [0.1, 0.15) is 26.5 Å². The second-order valence-electron chi connectivity index (χ2n) is 5.59. The van der Waals surface area contributed by atoms with E-state index in [-0.39, 0.29) is 5.91 Å². The van der Waals surface area contributed by atoms with E-state index in [0.29, 0.717) is 5.82 Å².